The fourth-order valence-electron chi connectivity index (χ4n) is 2.08. The van der Waals surface area contributed by atoms with Gasteiger partial charge in [-0.2, -0.15) is 23.5 Å². The van der Waals surface area contributed by atoms with Gasteiger partial charge >= 0.3 is 0 Å². The lowest BCUT2D eigenvalue weighted by Gasteiger charge is -2.22. The van der Waals surface area contributed by atoms with E-state index in [0.29, 0.717) is 17.7 Å². The van der Waals surface area contributed by atoms with Gasteiger partial charge in [-0.25, -0.2) is 0 Å². The van der Waals surface area contributed by atoms with E-state index in [2.05, 4.69) is 10.6 Å². The van der Waals surface area contributed by atoms with Gasteiger partial charge in [0.15, 0.2) is 0 Å². The maximum atomic E-state index is 11.7. The van der Waals surface area contributed by atoms with E-state index in [-0.39, 0.29) is 5.91 Å². The molecule has 0 aliphatic carbocycles. The number of hydrogen-bond acceptors (Lipinski definition) is 4. The van der Waals surface area contributed by atoms with Crippen molar-refractivity contribution in [2.24, 2.45) is 0 Å². The minimum atomic E-state index is 0.215. The molecule has 92 valence electrons. The van der Waals surface area contributed by atoms with Crippen LogP contribution in [0, 0.1) is 0 Å². The van der Waals surface area contributed by atoms with Crippen LogP contribution in [-0.4, -0.2) is 47.5 Å². The summed E-state index contributed by atoms with van der Waals surface area (Å²) in [6, 6.07) is 0.384. The van der Waals surface area contributed by atoms with Crippen molar-refractivity contribution in [1.29, 1.82) is 0 Å². The minimum absolute atomic E-state index is 0.215. The Bertz CT molecular complexity index is 226. The van der Waals surface area contributed by atoms with E-state index in [1.54, 1.807) is 0 Å². The first-order valence-electron chi connectivity index (χ1n) is 6.04. The van der Waals surface area contributed by atoms with E-state index in [1.807, 2.05) is 23.5 Å². The number of nitrogens with one attached hydrogen (secondary N) is 2. The lowest BCUT2D eigenvalue weighted by Crippen LogP contribution is -2.42. The summed E-state index contributed by atoms with van der Waals surface area (Å²) in [7, 11) is 0. The maximum absolute atomic E-state index is 11.7. The Morgan fingerprint density at radius 1 is 1.44 bits per heavy atom. The molecule has 0 aromatic rings. The van der Waals surface area contributed by atoms with Gasteiger partial charge < -0.3 is 10.6 Å². The molecular formula is C11H20N2OS2. The van der Waals surface area contributed by atoms with Crippen molar-refractivity contribution in [3.8, 4) is 0 Å². The van der Waals surface area contributed by atoms with Gasteiger partial charge in [0, 0.05) is 42.3 Å². The van der Waals surface area contributed by atoms with Crippen LogP contribution in [0.1, 0.15) is 19.3 Å². The molecule has 0 aromatic heterocycles. The zero-order valence-electron chi connectivity index (χ0n) is 9.54. The van der Waals surface area contributed by atoms with Gasteiger partial charge in [0.25, 0.3) is 0 Å². The molecule has 2 unspecified atom stereocenters. The van der Waals surface area contributed by atoms with Crippen LogP contribution in [0.15, 0.2) is 0 Å². The number of carbonyl (C=O) groups excluding carboxylic acids is 1. The Labute approximate surface area is 106 Å². The summed E-state index contributed by atoms with van der Waals surface area (Å²) in [5.74, 6) is 3.73. The third-order valence-corrected chi connectivity index (χ3v) is 5.51. The van der Waals surface area contributed by atoms with Crippen molar-refractivity contribution in [3.05, 3.63) is 0 Å². The number of thioether (sulfide) groups is 2. The van der Waals surface area contributed by atoms with Crippen molar-refractivity contribution in [3.63, 3.8) is 0 Å². The summed E-state index contributed by atoms with van der Waals surface area (Å²) in [6.07, 6.45) is 3.22. The standard InChI is InChI=1S/C11H20N2OS2/c14-11(6-9-8-15-5-3-12-9)13-7-10-2-1-4-16-10/h9-10,12H,1-8H2,(H,13,14). The normalized spacial score (nSPS) is 30.2. The quantitative estimate of drug-likeness (QED) is 0.794. The number of rotatable bonds is 4. The van der Waals surface area contributed by atoms with Gasteiger partial charge in [-0.15, -0.1) is 0 Å². The second-order valence-electron chi connectivity index (χ2n) is 4.37. The lowest BCUT2D eigenvalue weighted by molar-refractivity contribution is -0.121. The van der Waals surface area contributed by atoms with Crippen molar-refractivity contribution in [1.82, 2.24) is 10.6 Å². The molecule has 2 rings (SSSR count). The molecule has 0 aromatic carbocycles. The molecule has 2 N–H and O–H groups in total. The van der Waals surface area contributed by atoms with Gasteiger partial charge in [0.1, 0.15) is 0 Å². The van der Waals surface area contributed by atoms with Crippen LogP contribution in [0.5, 0.6) is 0 Å². The third-order valence-electron chi connectivity index (χ3n) is 2.98. The summed E-state index contributed by atoms with van der Waals surface area (Å²) in [4.78, 5) is 11.7. The predicted molar refractivity (Wildman–Crippen MR) is 72.2 cm³/mol. The van der Waals surface area contributed by atoms with E-state index in [0.717, 1.165) is 18.8 Å². The SMILES string of the molecule is O=C(CC1CSCCN1)NCC1CCCS1. The number of amides is 1. The molecule has 2 atom stereocenters. The van der Waals surface area contributed by atoms with Crippen molar-refractivity contribution >= 4 is 29.4 Å². The van der Waals surface area contributed by atoms with E-state index in [9.17, 15) is 4.79 Å². The van der Waals surface area contributed by atoms with Crippen molar-refractivity contribution < 1.29 is 4.79 Å². The van der Waals surface area contributed by atoms with Gasteiger partial charge in [0.2, 0.25) is 5.91 Å². The predicted octanol–water partition coefficient (Wildman–Crippen LogP) is 1.09. The van der Waals surface area contributed by atoms with Gasteiger partial charge in [-0.3, -0.25) is 4.79 Å². The largest absolute Gasteiger partial charge is 0.355 e. The van der Waals surface area contributed by atoms with Crippen molar-refractivity contribution in [2.75, 3.05) is 30.3 Å². The second-order valence-corrected chi connectivity index (χ2v) is 6.93. The summed E-state index contributed by atoms with van der Waals surface area (Å²) >= 11 is 3.94. The highest BCUT2D eigenvalue weighted by Crippen LogP contribution is 2.25. The molecule has 1 amide bonds. The Morgan fingerprint density at radius 3 is 3.06 bits per heavy atom. The smallest absolute Gasteiger partial charge is 0.221 e. The highest BCUT2D eigenvalue weighted by molar-refractivity contribution is 8.00. The van der Waals surface area contributed by atoms with E-state index in [1.165, 1.54) is 24.3 Å². The fraction of sp³-hybridized carbons (Fsp3) is 0.909. The Kier molecular flexibility index (Phi) is 5.32. The molecule has 2 aliphatic rings. The van der Waals surface area contributed by atoms with Crippen molar-refractivity contribution in [2.45, 2.75) is 30.6 Å². The Morgan fingerprint density at radius 2 is 2.38 bits per heavy atom. The molecule has 5 heteroatoms. The molecule has 0 spiro atoms. The van der Waals surface area contributed by atoms with E-state index in [4.69, 9.17) is 0 Å². The van der Waals surface area contributed by atoms with Gasteiger partial charge in [-0.05, 0) is 18.6 Å². The number of carbonyl (C=O) groups is 1. The first-order chi connectivity index (χ1) is 7.84. The minimum Gasteiger partial charge on any atom is -0.355 e. The number of hydrogen-bond donors (Lipinski definition) is 2. The van der Waals surface area contributed by atoms with Crippen LogP contribution < -0.4 is 10.6 Å². The maximum Gasteiger partial charge on any atom is 0.221 e. The molecule has 16 heavy (non-hydrogen) atoms. The first-order valence-corrected chi connectivity index (χ1v) is 8.24. The van der Waals surface area contributed by atoms with Crippen LogP contribution in [0.4, 0.5) is 0 Å². The van der Waals surface area contributed by atoms with Crippen LogP contribution in [0.25, 0.3) is 0 Å². The molecule has 3 nitrogen and oxygen atoms in total. The fourth-order valence-corrected chi connectivity index (χ4v) is 4.23. The lowest BCUT2D eigenvalue weighted by atomic mass is 10.2. The summed E-state index contributed by atoms with van der Waals surface area (Å²) < 4.78 is 0. The zero-order valence-corrected chi connectivity index (χ0v) is 11.2. The molecule has 0 saturated carbocycles. The zero-order chi connectivity index (χ0) is 11.2. The van der Waals surface area contributed by atoms with Gasteiger partial charge in [0.05, 0.1) is 0 Å². The molecule has 2 fully saturated rings. The van der Waals surface area contributed by atoms with Crippen LogP contribution in [0.3, 0.4) is 0 Å². The first kappa shape index (κ1) is 12.6. The van der Waals surface area contributed by atoms with Crippen LogP contribution >= 0.6 is 23.5 Å². The van der Waals surface area contributed by atoms with Gasteiger partial charge in [-0.1, -0.05) is 0 Å². The van der Waals surface area contributed by atoms with E-state index >= 15 is 0 Å². The highest BCUT2D eigenvalue weighted by atomic mass is 32.2. The van der Waals surface area contributed by atoms with Crippen LogP contribution in [0.2, 0.25) is 0 Å². The molecule has 0 bridgehead atoms. The molecule has 2 heterocycles. The molecule has 2 aliphatic heterocycles. The third kappa shape index (κ3) is 4.18. The monoisotopic (exact) mass is 260 g/mol. The molecule has 0 radical (unpaired) electrons. The highest BCUT2D eigenvalue weighted by Gasteiger charge is 2.19. The summed E-state index contributed by atoms with van der Waals surface area (Å²) in [5.41, 5.74) is 0. The average Bonchev–Trinajstić information content (AvgIpc) is 2.81. The van der Waals surface area contributed by atoms with E-state index < -0.39 is 0 Å². The van der Waals surface area contributed by atoms with Crippen LogP contribution in [-0.2, 0) is 4.79 Å². The summed E-state index contributed by atoms with van der Waals surface area (Å²) in [6.45, 7) is 1.91. The Balaban J connectivity index is 1.59. The average molecular weight is 260 g/mol. The molecule has 2 saturated heterocycles. The second kappa shape index (κ2) is 6.77. The topological polar surface area (TPSA) is 41.1 Å². The Hall–Kier alpha value is 0.130. The summed E-state index contributed by atoms with van der Waals surface area (Å²) in [5, 5.41) is 7.12. The molecular weight excluding hydrogens is 240 g/mol.